The van der Waals surface area contributed by atoms with E-state index in [1.165, 1.54) is 16.8 Å². The summed E-state index contributed by atoms with van der Waals surface area (Å²) in [4.78, 5) is 7.99. The highest BCUT2D eigenvalue weighted by molar-refractivity contribution is 9.10. The van der Waals surface area contributed by atoms with Gasteiger partial charge < -0.3 is 10.7 Å². The van der Waals surface area contributed by atoms with Gasteiger partial charge in [0.1, 0.15) is 5.82 Å². The molecule has 1 aromatic carbocycles. The number of benzene rings is 1. The van der Waals surface area contributed by atoms with Gasteiger partial charge in [0.05, 0.1) is 11.2 Å². The van der Waals surface area contributed by atoms with E-state index in [1.54, 1.807) is 0 Å². The summed E-state index contributed by atoms with van der Waals surface area (Å²) in [5.74, 6) is 0.855. The van der Waals surface area contributed by atoms with Crippen LogP contribution >= 0.6 is 15.9 Å². The number of imidazole rings is 1. The Morgan fingerprint density at radius 3 is 2.88 bits per heavy atom. The molecule has 17 heavy (non-hydrogen) atoms. The van der Waals surface area contributed by atoms with E-state index in [2.05, 4.69) is 38.0 Å². The maximum absolute atomic E-state index is 6.06. The molecule has 0 bridgehead atoms. The predicted molar refractivity (Wildman–Crippen MR) is 71.7 cm³/mol. The first-order valence-corrected chi connectivity index (χ1v) is 6.42. The quantitative estimate of drug-likeness (QED) is 0.724. The number of rotatable bonds is 1. The summed E-state index contributed by atoms with van der Waals surface area (Å²) in [6, 6.07) is 6.22. The summed E-state index contributed by atoms with van der Waals surface area (Å²) in [6.07, 6.45) is 0.898. The smallest absolute Gasteiger partial charge is 0.126 e. The minimum Gasteiger partial charge on any atom is -0.344 e. The Balaban J connectivity index is 2.16. The first kappa shape index (κ1) is 11.0. The maximum atomic E-state index is 6.06. The summed E-state index contributed by atoms with van der Waals surface area (Å²) in [5, 5.41) is 0. The highest BCUT2D eigenvalue weighted by Crippen LogP contribution is 2.39. The van der Waals surface area contributed by atoms with Gasteiger partial charge in [-0.1, -0.05) is 28.1 Å². The Morgan fingerprint density at radius 2 is 2.18 bits per heavy atom. The molecule has 0 fully saturated rings. The van der Waals surface area contributed by atoms with Crippen molar-refractivity contribution < 1.29 is 0 Å². The SMILES string of the molecule is CC(C)(N)c1nc2c([nH]1)Cc1c(Br)cccc1-2. The molecule has 2 aromatic rings. The zero-order chi connectivity index (χ0) is 12.2. The topological polar surface area (TPSA) is 54.7 Å². The van der Waals surface area contributed by atoms with Gasteiger partial charge in [-0.05, 0) is 25.5 Å². The van der Waals surface area contributed by atoms with Crippen molar-refractivity contribution in [3.05, 3.63) is 39.8 Å². The van der Waals surface area contributed by atoms with Crippen LogP contribution < -0.4 is 5.73 Å². The second-order valence-corrected chi connectivity index (χ2v) is 5.93. The molecule has 1 aromatic heterocycles. The number of aromatic amines is 1. The average Bonchev–Trinajstić information content (AvgIpc) is 2.75. The van der Waals surface area contributed by atoms with Crippen LogP contribution in [0, 0.1) is 0 Å². The number of fused-ring (bicyclic) bond motifs is 3. The van der Waals surface area contributed by atoms with Crippen LogP contribution in [-0.4, -0.2) is 9.97 Å². The fourth-order valence-electron chi connectivity index (χ4n) is 2.20. The first-order chi connectivity index (χ1) is 7.97. The first-order valence-electron chi connectivity index (χ1n) is 5.63. The molecule has 0 atom stereocenters. The Morgan fingerprint density at radius 1 is 1.41 bits per heavy atom. The minimum absolute atomic E-state index is 0.420. The molecule has 3 nitrogen and oxygen atoms in total. The van der Waals surface area contributed by atoms with Gasteiger partial charge in [-0.25, -0.2) is 4.98 Å². The molecule has 1 aliphatic rings. The van der Waals surface area contributed by atoms with Crippen molar-refractivity contribution in [1.29, 1.82) is 0 Å². The van der Waals surface area contributed by atoms with E-state index in [0.29, 0.717) is 0 Å². The molecule has 88 valence electrons. The zero-order valence-electron chi connectivity index (χ0n) is 9.84. The van der Waals surface area contributed by atoms with Gasteiger partial charge in [0.15, 0.2) is 0 Å². The highest BCUT2D eigenvalue weighted by Gasteiger charge is 2.27. The summed E-state index contributed by atoms with van der Waals surface area (Å²) < 4.78 is 1.15. The molecule has 3 rings (SSSR count). The van der Waals surface area contributed by atoms with E-state index in [-0.39, 0.29) is 0 Å². The highest BCUT2D eigenvalue weighted by atomic mass is 79.9. The minimum atomic E-state index is -0.420. The number of nitrogens with two attached hydrogens (primary N) is 1. The van der Waals surface area contributed by atoms with Gasteiger partial charge >= 0.3 is 0 Å². The molecule has 0 spiro atoms. The molecule has 3 N–H and O–H groups in total. The zero-order valence-corrected chi connectivity index (χ0v) is 11.4. The molecule has 0 saturated carbocycles. The summed E-state index contributed by atoms with van der Waals surface area (Å²) in [5.41, 5.74) is 10.4. The molecule has 0 radical (unpaired) electrons. The molecule has 0 aliphatic heterocycles. The van der Waals surface area contributed by atoms with Gasteiger partial charge in [-0.2, -0.15) is 0 Å². The van der Waals surface area contributed by atoms with E-state index in [4.69, 9.17) is 5.73 Å². The van der Waals surface area contributed by atoms with Gasteiger partial charge in [-0.15, -0.1) is 0 Å². The third kappa shape index (κ3) is 1.63. The molecule has 0 amide bonds. The monoisotopic (exact) mass is 291 g/mol. The van der Waals surface area contributed by atoms with E-state index in [9.17, 15) is 0 Å². The summed E-state index contributed by atoms with van der Waals surface area (Å²) >= 11 is 3.58. The van der Waals surface area contributed by atoms with E-state index < -0.39 is 5.54 Å². The lowest BCUT2D eigenvalue weighted by molar-refractivity contribution is 0.519. The molecular formula is C13H14BrN3. The number of halogens is 1. The van der Waals surface area contributed by atoms with Crippen LogP contribution in [0.5, 0.6) is 0 Å². The lowest BCUT2D eigenvalue weighted by Gasteiger charge is -2.15. The van der Waals surface area contributed by atoms with Gasteiger partial charge in [0.25, 0.3) is 0 Å². The third-order valence-corrected chi connectivity index (χ3v) is 3.86. The van der Waals surface area contributed by atoms with Crippen molar-refractivity contribution in [2.45, 2.75) is 25.8 Å². The van der Waals surface area contributed by atoms with Crippen LogP contribution in [0.15, 0.2) is 22.7 Å². The Labute approximate surface area is 109 Å². The van der Waals surface area contributed by atoms with Crippen molar-refractivity contribution in [3.63, 3.8) is 0 Å². The van der Waals surface area contributed by atoms with Crippen molar-refractivity contribution in [2.75, 3.05) is 0 Å². The van der Waals surface area contributed by atoms with E-state index >= 15 is 0 Å². The normalized spacial score (nSPS) is 13.6. The van der Waals surface area contributed by atoms with Crippen molar-refractivity contribution >= 4 is 15.9 Å². The maximum Gasteiger partial charge on any atom is 0.126 e. The number of hydrogen-bond acceptors (Lipinski definition) is 2. The number of hydrogen-bond donors (Lipinski definition) is 2. The second-order valence-electron chi connectivity index (χ2n) is 5.08. The lowest BCUT2D eigenvalue weighted by Crippen LogP contribution is -2.30. The third-order valence-electron chi connectivity index (χ3n) is 3.12. The van der Waals surface area contributed by atoms with Crippen molar-refractivity contribution in [1.82, 2.24) is 9.97 Å². The van der Waals surface area contributed by atoms with Crippen LogP contribution in [-0.2, 0) is 12.0 Å². The van der Waals surface area contributed by atoms with E-state index in [0.717, 1.165) is 22.4 Å². The molecule has 0 unspecified atom stereocenters. The summed E-state index contributed by atoms with van der Waals surface area (Å²) in [7, 11) is 0. The van der Waals surface area contributed by atoms with Crippen LogP contribution in [0.25, 0.3) is 11.3 Å². The Bertz CT molecular complexity index is 593. The molecule has 0 saturated heterocycles. The van der Waals surface area contributed by atoms with Crippen LogP contribution in [0.2, 0.25) is 0 Å². The fraction of sp³-hybridized carbons (Fsp3) is 0.308. The largest absolute Gasteiger partial charge is 0.344 e. The van der Waals surface area contributed by atoms with Gasteiger partial charge in [-0.3, -0.25) is 0 Å². The molecule has 1 heterocycles. The van der Waals surface area contributed by atoms with Gasteiger partial charge in [0.2, 0.25) is 0 Å². The van der Waals surface area contributed by atoms with Crippen molar-refractivity contribution in [2.24, 2.45) is 5.73 Å². The van der Waals surface area contributed by atoms with Crippen LogP contribution in [0.4, 0.5) is 0 Å². The molecular weight excluding hydrogens is 278 g/mol. The number of nitrogens with one attached hydrogen (secondary N) is 1. The van der Waals surface area contributed by atoms with Crippen LogP contribution in [0.3, 0.4) is 0 Å². The number of nitrogens with zero attached hydrogens (tertiary/aromatic N) is 1. The number of H-pyrrole nitrogens is 1. The predicted octanol–water partition coefficient (Wildman–Crippen LogP) is 2.94. The average molecular weight is 292 g/mol. The van der Waals surface area contributed by atoms with E-state index in [1.807, 2.05) is 19.9 Å². The van der Waals surface area contributed by atoms with Gasteiger partial charge in [0, 0.05) is 22.2 Å². The van der Waals surface area contributed by atoms with Crippen molar-refractivity contribution in [3.8, 4) is 11.3 Å². The number of aromatic nitrogens is 2. The molecule has 1 aliphatic carbocycles. The Hall–Kier alpha value is -1.13. The Kier molecular flexibility index (Phi) is 2.22. The molecule has 4 heteroatoms. The van der Waals surface area contributed by atoms with Crippen LogP contribution in [0.1, 0.15) is 30.9 Å². The summed E-state index contributed by atoms with van der Waals surface area (Å²) in [6.45, 7) is 3.92. The lowest BCUT2D eigenvalue weighted by atomic mass is 10.1. The fourth-order valence-corrected chi connectivity index (χ4v) is 2.71. The second kappa shape index (κ2) is 3.43. The standard InChI is InChI=1S/C13H14BrN3/c1-13(2,15)12-16-10-6-8-7(11(10)17-12)4-3-5-9(8)14/h3-5H,6,15H2,1-2H3,(H,16,17).